The van der Waals surface area contributed by atoms with E-state index in [1.165, 1.54) is 0 Å². The second-order valence-corrected chi connectivity index (χ2v) is 3.67. The van der Waals surface area contributed by atoms with Crippen LogP contribution in [0.25, 0.3) is 0 Å². The normalized spacial score (nSPS) is 10.0. The van der Waals surface area contributed by atoms with Crippen molar-refractivity contribution in [1.29, 1.82) is 0 Å². The van der Waals surface area contributed by atoms with Crippen LogP contribution in [0.2, 0.25) is 0 Å². The third-order valence-electron chi connectivity index (χ3n) is 1.87. The van der Waals surface area contributed by atoms with Crippen molar-refractivity contribution >= 4 is 22.7 Å². The van der Waals surface area contributed by atoms with E-state index in [4.69, 9.17) is 5.73 Å². The molecule has 0 atom stereocenters. The fourth-order valence-corrected chi connectivity index (χ4v) is 1.68. The number of benzene rings is 1. The molecule has 0 aliphatic carbocycles. The van der Waals surface area contributed by atoms with Crippen LogP contribution in [0.15, 0.2) is 35.2 Å². The zero-order valence-corrected chi connectivity index (χ0v) is 8.42. The van der Waals surface area contributed by atoms with Crippen molar-refractivity contribution in [3.05, 3.63) is 40.8 Å². The van der Waals surface area contributed by atoms with Gasteiger partial charge in [0.05, 0.1) is 17.7 Å². The largest absolute Gasteiger partial charge is 0.399 e. The number of hydrogen-bond acceptors (Lipinski definition) is 4. The maximum atomic E-state index is 5.58. The molecule has 3 N–H and O–H groups in total. The van der Waals surface area contributed by atoms with Crippen LogP contribution < -0.4 is 11.1 Å². The number of rotatable bonds is 3. The predicted octanol–water partition coefficient (Wildman–Crippen LogP) is 2.34. The molecule has 0 amide bonds. The first kappa shape index (κ1) is 9.02. The van der Waals surface area contributed by atoms with Crippen molar-refractivity contribution < 1.29 is 0 Å². The Hall–Kier alpha value is -1.55. The van der Waals surface area contributed by atoms with Crippen molar-refractivity contribution in [1.82, 2.24) is 4.98 Å². The quantitative estimate of drug-likeness (QED) is 0.756. The van der Waals surface area contributed by atoms with E-state index in [1.807, 2.05) is 35.2 Å². The van der Waals surface area contributed by atoms with E-state index < -0.39 is 0 Å². The summed E-state index contributed by atoms with van der Waals surface area (Å²) in [6.07, 6.45) is 0. The molecule has 1 aromatic carbocycles. The summed E-state index contributed by atoms with van der Waals surface area (Å²) in [6.45, 7) is 0.757. The summed E-state index contributed by atoms with van der Waals surface area (Å²) in [4.78, 5) is 4.18. The number of nitrogens with one attached hydrogen (secondary N) is 1. The summed E-state index contributed by atoms with van der Waals surface area (Å²) in [6, 6.07) is 7.68. The first-order valence-electron chi connectivity index (χ1n) is 4.31. The van der Waals surface area contributed by atoms with Crippen molar-refractivity contribution in [2.45, 2.75) is 6.54 Å². The van der Waals surface area contributed by atoms with Crippen LogP contribution in [0, 0.1) is 0 Å². The average Bonchev–Trinajstić information content (AvgIpc) is 2.70. The van der Waals surface area contributed by atoms with E-state index >= 15 is 0 Å². The molecule has 2 rings (SSSR count). The molecule has 0 aliphatic heterocycles. The molecule has 0 saturated carbocycles. The van der Waals surface area contributed by atoms with Crippen LogP contribution >= 0.6 is 11.3 Å². The van der Waals surface area contributed by atoms with Gasteiger partial charge < -0.3 is 11.1 Å². The minimum atomic E-state index is 0.757. The molecule has 72 valence electrons. The molecule has 0 fully saturated rings. The van der Waals surface area contributed by atoms with Gasteiger partial charge in [0.2, 0.25) is 0 Å². The second-order valence-electron chi connectivity index (χ2n) is 2.96. The van der Waals surface area contributed by atoms with Gasteiger partial charge in [-0.25, -0.2) is 4.98 Å². The lowest BCUT2D eigenvalue weighted by atomic mass is 10.3. The minimum Gasteiger partial charge on any atom is -0.399 e. The van der Waals surface area contributed by atoms with Gasteiger partial charge in [0.15, 0.2) is 0 Å². The van der Waals surface area contributed by atoms with E-state index in [0.717, 1.165) is 23.6 Å². The van der Waals surface area contributed by atoms with Crippen LogP contribution in [-0.2, 0) is 6.54 Å². The van der Waals surface area contributed by atoms with E-state index in [0.29, 0.717) is 0 Å². The lowest BCUT2D eigenvalue weighted by molar-refractivity contribution is 1.07. The highest BCUT2D eigenvalue weighted by Gasteiger charge is 1.94. The molecule has 0 aliphatic rings. The van der Waals surface area contributed by atoms with Gasteiger partial charge in [0.1, 0.15) is 0 Å². The van der Waals surface area contributed by atoms with Gasteiger partial charge in [0, 0.05) is 16.8 Å². The number of nitrogens with two attached hydrogens (primary N) is 1. The molecule has 4 heteroatoms. The number of thiazole rings is 1. The van der Waals surface area contributed by atoms with Crippen LogP contribution in [-0.4, -0.2) is 4.98 Å². The van der Waals surface area contributed by atoms with E-state index in [1.54, 1.807) is 11.3 Å². The summed E-state index contributed by atoms with van der Waals surface area (Å²) in [7, 11) is 0. The van der Waals surface area contributed by atoms with Crippen LogP contribution in [0.3, 0.4) is 0 Å². The average molecular weight is 205 g/mol. The van der Waals surface area contributed by atoms with Gasteiger partial charge in [-0.3, -0.25) is 0 Å². The molecule has 1 aromatic heterocycles. The predicted molar refractivity (Wildman–Crippen MR) is 60.3 cm³/mol. The number of anilines is 2. The van der Waals surface area contributed by atoms with Crippen molar-refractivity contribution in [2.75, 3.05) is 11.1 Å². The number of hydrogen-bond donors (Lipinski definition) is 2. The fraction of sp³-hybridized carbons (Fsp3) is 0.100. The van der Waals surface area contributed by atoms with Crippen molar-refractivity contribution in [2.24, 2.45) is 0 Å². The Labute approximate surface area is 86.6 Å². The highest BCUT2D eigenvalue weighted by atomic mass is 32.1. The highest BCUT2D eigenvalue weighted by Crippen LogP contribution is 2.11. The van der Waals surface area contributed by atoms with Crippen LogP contribution in [0.4, 0.5) is 11.4 Å². The van der Waals surface area contributed by atoms with Gasteiger partial charge >= 0.3 is 0 Å². The molecular weight excluding hydrogens is 194 g/mol. The monoisotopic (exact) mass is 205 g/mol. The summed E-state index contributed by atoms with van der Waals surface area (Å²) in [5.41, 5.74) is 10.3. The lowest BCUT2D eigenvalue weighted by Gasteiger charge is -2.03. The Balaban J connectivity index is 1.95. The Morgan fingerprint density at radius 2 is 2.07 bits per heavy atom. The van der Waals surface area contributed by atoms with Gasteiger partial charge in [-0.05, 0) is 24.3 Å². The fourth-order valence-electron chi connectivity index (χ4n) is 1.12. The molecule has 0 saturated heterocycles. The molecule has 0 bridgehead atoms. The molecule has 0 radical (unpaired) electrons. The topological polar surface area (TPSA) is 50.9 Å². The number of nitrogen functional groups attached to an aromatic ring is 1. The molecular formula is C10H11N3S. The lowest BCUT2D eigenvalue weighted by Crippen LogP contribution is -1.99. The van der Waals surface area contributed by atoms with Crippen molar-refractivity contribution in [3.8, 4) is 0 Å². The van der Waals surface area contributed by atoms with Crippen LogP contribution in [0.5, 0.6) is 0 Å². The molecule has 0 unspecified atom stereocenters. The third kappa shape index (κ3) is 2.23. The van der Waals surface area contributed by atoms with E-state index in [-0.39, 0.29) is 0 Å². The molecule has 0 spiro atoms. The maximum Gasteiger partial charge on any atom is 0.0795 e. The summed E-state index contributed by atoms with van der Waals surface area (Å²) in [5.74, 6) is 0. The van der Waals surface area contributed by atoms with Gasteiger partial charge in [-0.1, -0.05) is 0 Å². The third-order valence-corrected chi connectivity index (χ3v) is 2.50. The maximum absolute atomic E-state index is 5.58. The first-order valence-corrected chi connectivity index (χ1v) is 5.25. The molecule has 3 nitrogen and oxygen atoms in total. The minimum absolute atomic E-state index is 0.757. The highest BCUT2D eigenvalue weighted by molar-refractivity contribution is 7.07. The SMILES string of the molecule is Nc1ccc(NCc2cscn2)cc1. The van der Waals surface area contributed by atoms with Crippen LogP contribution in [0.1, 0.15) is 5.69 Å². The number of nitrogens with zero attached hydrogens (tertiary/aromatic N) is 1. The standard InChI is InChI=1S/C10H11N3S/c11-8-1-3-9(4-2-8)12-5-10-6-14-7-13-10/h1-4,6-7,12H,5,11H2. The molecule has 2 aromatic rings. The van der Waals surface area contributed by atoms with Gasteiger partial charge in [-0.15, -0.1) is 11.3 Å². The Kier molecular flexibility index (Phi) is 2.65. The first-order chi connectivity index (χ1) is 6.84. The van der Waals surface area contributed by atoms with E-state index in [2.05, 4.69) is 10.3 Å². The Morgan fingerprint density at radius 1 is 1.29 bits per heavy atom. The van der Waals surface area contributed by atoms with Gasteiger partial charge in [0.25, 0.3) is 0 Å². The zero-order chi connectivity index (χ0) is 9.80. The van der Waals surface area contributed by atoms with Crippen molar-refractivity contribution in [3.63, 3.8) is 0 Å². The summed E-state index contributed by atoms with van der Waals surface area (Å²) in [5, 5.41) is 5.29. The molecule has 1 heterocycles. The Morgan fingerprint density at radius 3 is 2.71 bits per heavy atom. The summed E-state index contributed by atoms with van der Waals surface area (Å²) >= 11 is 1.61. The summed E-state index contributed by atoms with van der Waals surface area (Å²) < 4.78 is 0. The Bertz CT molecular complexity index is 380. The second kappa shape index (κ2) is 4.11. The smallest absolute Gasteiger partial charge is 0.0795 e. The van der Waals surface area contributed by atoms with Gasteiger partial charge in [-0.2, -0.15) is 0 Å². The zero-order valence-electron chi connectivity index (χ0n) is 7.60. The van der Waals surface area contributed by atoms with E-state index in [9.17, 15) is 0 Å². The molecule has 14 heavy (non-hydrogen) atoms. The number of aromatic nitrogens is 1.